The van der Waals surface area contributed by atoms with Gasteiger partial charge in [-0.1, -0.05) is 46.9 Å². The molecular weight excluding hydrogens is 584 g/mol. The second kappa shape index (κ2) is 11.5. The molecular formula is C25H16Cl3F7N2O. The molecule has 3 rings (SSSR count). The summed E-state index contributed by atoms with van der Waals surface area (Å²) in [6.07, 6.45) is -8.67. The normalized spacial score (nSPS) is 14.2. The van der Waals surface area contributed by atoms with Crippen LogP contribution in [0.4, 0.5) is 30.7 Å². The topological polar surface area (TPSA) is 42.0 Å². The SMILES string of the molecule is CC(NC(=O)c1ccc(C(F)=CC(c2cc(Cl)c(Cl)c(Cl)c2)C(F)(F)F)cc1C(F)(F)F)c1ccccn1. The molecule has 0 aliphatic rings. The van der Waals surface area contributed by atoms with Gasteiger partial charge in [0, 0.05) is 11.8 Å². The van der Waals surface area contributed by atoms with Gasteiger partial charge in [-0.15, -0.1) is 0 Å². The van der Waals surface area contributed by atoms with E-state index >= 15 is 4.39 Å². The third-order valence-electron chi connectivity index (χ3n) is 5.36. The Morgan fingerprint density at radius 3 is 2.13 bits per heavy atom. The van der Waals surface area contributed by atoms with Gasteiger partial charge in [0.15, 0.2) is 0 Å². The number of pyridine rings is 1. The number of carbonyl (C=O) groups is 1. The van der Waals surface area contributed by atoms with E-state index in [0.29, 0.717) is 11.8 Å². The summed E-state index contributed by atoms with van der Waals surface area (Å²) in [5, 5.41) is 1.50. The molecule has 0 saturated heterocycles. The summed E-state index contributed by atoms with van der Waals surface area (Å²) >= 11 is 17.3. The molecule has 0 aliphatic carbocycles. The van der Waals surface area contributed by atoms with Crippen LogP contribution in [0.2, 0.25) is 15.1 Å². The van der Waals surface area contributed by atoms with E-state index in [1.165, 1.54) is 13.1 Å². The molecule has 2 atom stereocenters. The van der Waals surface area contributed by atoms with E-state index < -0.39 is 58.3 Å². The molecule has 2 unspecified atom stereocenters. The summed E-state index contributed by atoms with van der Waals surface area (Å²) in [6.45, 7) is 1.50. The number of rotatable bonds is 6. The van der Waals surface area contributed by atoms with Crippen LogP contribution in [-0.2, 0) is 6.18 Å². The maximum absolute atomic E-state index is 15.0. The number of nitrogens with zero attached hydrogens (tertiary/aromatic N) is 1. The van der Waals surface area contributed by atoms with Gasteiger partial charge in [0.2, 0.25) is 0 Å². The third-order valence-corrected chi connectivity index (χ3v) is 6.55. The predicted octanol–water partition coefficient (Wildman–Crippen LogP) is 9.21. The van der Waals surface area contributed by atoms with Crippen molar-refractivity contribution in [2.75, 3.05) is 0 Å². The van der Waals surface area contributed by atoms with Gasteiger partial charge >= 0.3 is 12.4 Å². The van der Waals surface area contributed by atoms with E-state index in [0.717, 1.165) is 18.2 Å². The Labute approximate surface area is 227 Å². The molecule has 3 aromatic rings. The van der Waals surface area contributed by atoms with Crippen LogP contribution in [0.3, 0.4) is 0 Å². The molecule has 0 radical (unpaired) electrons. The number of hydrogen-bond acceptors (Lipinski definition) is 2. The zero-order valence-electron chi connectivity index (χ0n) is 19.1. The molecule has 0 spiro atoms. The summed E-state index contributed by atoms with van der Waals surface area (Å²) in [7, 11) is 0. The highest BCUT2D eigenvalue weighted by molar-refractivity contribution is 6.48. The maximum atomic E-state index is 15.0. The molecule has 13 heteroatoms. The van der Waals surface area contributed by atoms with Crippen molar-refractivity contribution in [1.82, 2.24) is 10.3 Å². The van der Waals surface area contributed by atoms with Crippen LogP contribution in [0.15, 0.2) is 60.8 Å². The van der Waals surface area contributed by atoms with Crippen molar-refractivity contribution in [3.05, 3.63) is 104 Å². The van der Waals surface area contributed by atoms with Crippen molar-refractivity contribution in [3.63, 3.8) is 0 Å². The van der Waals surface area contributed by atoms with Crippen molar-refractivity contribution in [2.24, 2.45) is 0 Å². The minimum Gasteiger partial charge on any atom is -0.344 e. The van der Waals surface area contributed by atoms with Gasteiger partial charge in [-0.3, -0.25) is 9.78 Å². The Hall–Kier alpha value is -2.82. The number of nitrogens with one attached hydrogen (secondary N) is 1. The Bertz CT molecular complexity index is 1340. The molecule has 1 heterocycles. The van der Waals surface area contributed by atoms with E-state index in [1.54, 1.807) is 18.2 Å². The Kier molecular flexibility index (Phi) is 9.00. The summed E-state index contributed by atoms with van der Waals surface area (Å²) in [5.74, 6) is -5.37. The lowest BCUT2D eigenvalue weighted by Crippen LogP contribution is -2.29. The number of carbonyl (C=O) groups excluding carboxylic acids is 1. The zero-order valence-corrected chi connectivity index (χ0v) is 21.3. The number of alkyl halides is 6. The summed E-state index contributed by atoms with van der Waals surface area (Å²) in [6, 6.07) is 7.40. The molecule has 3 nitrogen and oxygen atoms in total. The highest BCUT2D eigenvalue weighted by atomic mass is 35.5. The fourth-order valence-electron chi connectivity index (χ4n) is 3.48. The maximum Gasteiger partial charge on any atom is 0.417 e. The van der Waals surface area contributed by atoms with E-state index in [-0.39, 0.29) is 27.2 Å². The van der Waals surface area contributed by atoms with Gasteiger partial charge in [-0.05, 0) is 55.0 Å². The first kappa shape index (κ1) is 29.7. The van der Waals surface area contributed by atoms with Crippen LogP contribution < -0.4 is 5.32 Å². The van der Waals surface area contributed by atoms with Crippen molar-refractivity contribution >= 4 is 46.5 Å². The van der Waals surface area contributed by atoms with Crippen molar-refractivity contribution < 1.29 is 35.5 Å². The number of allylic oxidation sites excluding steroid dienone is 1. The first-order chi connectivity index (χ1) is 17.6. The van der Waals surface area contributed by atoms with Gasteiger partial charge in [0.1, 0.15) is 11.7 Å². The summed E-state index contributed by atoms with van der Waals surface area (Å²) in [5.41, 5.74) is -3.42. The fourth-order valence-corrected chi connectivity index (χ4v) is 4.10. The second-order valence-corrected chi connectivity index (χ2v) is 9.23. The van der Waals surface area contributed by atoms with Gasteiger partial charge in [0.05, 0.1) is 37.9 Å². The van der Waals surface area contributed by atoms with E-state index in [4.69, 9.17) is 34.8 Å². The lowest BCUT2D eigenvalue weighted by atomic mass is 9.95. The average Bonchev–Trinajstić information content (AvgIpc) is 2.84. The highest BCUT2D eigenvalue weighted by Gasteiger charge is 2.41. The third kappa shape index (κ3) is 6.98. The fraction of sp³-hybridized carbons (Fsp3) is 0.200. The minimum absolute atomic E-state index is 0.0915. The highest BCUT2D eigenvalue weighted by Crippen LogP contribution is 2.42. The molecule has 1 N–H and O–H groups in total. The standard InChI is InChI=1S/C25H16Cl3F7N2O/c1-12(21-4-2-3-7-36-21)37-23(38)15-6-5-13(8-17(15)25(33,34)35)20(29)11-16(24(30,31)32)14-9-18(26)22(28)19(27)10-14/h2-12,16H,1H3,(H,37,38). The van der Waals surface area contributed by atoms with Gasteiger partial charge in [-0.25, -0.2) is 4.39 Å². The zero-order chi connectivity index (χ0) is 28.4. The molecule has 2 aromatic carbocycles. The van der Waals surface area contributed by atoms with E-state index in [2.05, 4.69) is 10.3 Å². The van der Waals surface area contributed by atoms with Crippen LogP contribution >= 0.6 is 34.8 Å². The van der Waals surface area contributed by atoms with Gasteiger partial charge in [0.25, 0.3) is 5.91 Å². The Balaban J connectivity index is 2.01. The summed E-state index contributed by atoms with van der Waals surface area (Å²) < 4.78 is 97.7. The predicted molar refractivity (Wildman–Crippen MR) is 131 cm³/mol. The first-order valence-electron chi connectivity index (χ1n) is 10.6. The quantitative estimate of drug-likeness (QED) is 0.227. The minimum atomic E-state index is -5.13. The smallest absolute Gasteiger partial charge is 0.344 e. The summed E-state index contributed by atoms with van der Waals surface area (Å²) in [4.78, 5) is 16.6. The van der Waals surface area contributed by atoms with Gasteiger partial charge < -0.3 is 5.32 Å². The van der Waals surface area contributed by atoms with Crippen LogP contribution in [0, 0.1) is 0 Å². The first-order valence-corrected chi connectivity index (χ1v) is 11.7. The van der Waals surface area contributed by atoms with Crippen LogP contribution in [0.25, 0.3) is 5.83 Å². The molecule has 0 aliphatic heterocycles. The van der Waals surface area contributed by atoms with Crippen molar-refractivity contribution in [2.45, 2.75) is 31.2 Å². The molecule has 0 bridgehead atoms. The molecule has 1 amide bonds. The van der Waals surface area contributed by atoms with E-state index in [1.807, 2.05) is 0 Å². The second-order valence-electron chi connectivity index (χ2n) is 8.04. The Morgan fingerprint density at radius 1 is 0.974 bits per heavy atom. The number of amides is 1. The van der Waals surface area contributed by atoms with Crippen molar-refractivity contribution in [1.29, 1.82) is 0 Å². The monoisotopic (exact) mass is 598 g/mol. The molecule has 38 heavy (non-hydrogen) atoms. The van der Waals surface area contributed by atoms with E-state index in [9.17, 15) is 31.1 Å². The number of benzene rings is 2. The number of halogens is 10. The largest absolute Gasteiger partial charge is 0.417 e. The number of hydrogen-bond donors (Lipinski definition) is 1. The van der Waals surface area contributed by atoms with Crippen LogP contribution in [-0.4, -0.2) is 17.1 Å². The van der Waals surface area contributed by atoms with Crippen molar-refractivity contribution in [3.8, 4) is 0 Å². The van der Waals surface area contributed by atoms with Crippen LogP contribution in [0.1, 0.15) is 51.6 Å². The lowest BCUT2D eigenvalue weighted by Gasteiger charge is -2.19. The lowest BCUT2D eigenvalue weighted by molar-refractivity contribution is -0.140. The Morgan fingerprint density at radius 2 is 1.61 bits per heavy atom. The molecule has 0 saturated carbocycles. The number of aromatic nitrogens is 1. The van der Waals surface area contributed by atoms with Gasteiger partial charge in [-0.2, -0.15) is 26.3 Å². The average molecular weight is 600 g/mol. The molecule has 202 valence electrons. The van der Waals surface area contributed by atoms with Crippen LogP contribution in [0.5, 0.6) is 0 Å². The molecule has 0 fully saturated rings. The molecule has 1 aromatic heterocycles.